The lowest BCUT2D eigenvalue weighted by Crippen LogP contribution is -2.44. The fourth-order valence-corrected chi connectivity index (χ4v) is 3.99. The van der Waals surface area contributed by atoms with E-state index in [-0.39, 0.29) is 42.2 Å². The molecular formula is C22H15N3O6. The molecule has 154 valence electrons. The van der Waals surface area contributed by atoms with Gasteiger partial charge in [0.1, 0.15) is 6.73 Å². The van der Waals surface area contributed by atoms with Gasteiger partial charge in [-0.25, -0.2) is 9.80 Å². The number of amides is 4. The molecule has 9 heteroatoms. The van der Waals surface area contributed by atoms with Crippen LogP contribution in [0.5, 0.6) is 0 Å². The Hall–Kier alpha value is -3.95. The highest BCUT2D eigenvalue weighted by Crippen LogP contribution is 2.38. The minimum absolute atomic E-state index is 0.0228. The zero-order chi connectivity index (χ0) is 21.7. The molecule has 5 rings (SSSR count). The maximum atomic E-state index is 13.2. The van der Waals surface area contributed by atoms with E-state index in [2.05, 4.69) is 4.98 Å². The van der Waals surface area contributed by atoms with Crippen molar-refractivity contribution in [2.45, 2.75) is 0 Å². The summed E-state index contributed by atoms with van der Waals surface area (Å²) in [4.78, 5) is 58.2. The summed E-state index contributed by atoms with van der Waals surface area (Å²) in [6.07, 6.45) is 2.96. The maximum Gasteiger partial charge on any atom is 0.265 e. The summed E-state index contributed by atoms with van der Waals surface area (Å²) in [6, 6.07) is 9.07. The number of carbonyl (C=O) groups is 4. The molecule has 0 fully saturated rings. The summed E-state index contributed by atoms with van der Waals surface area (Å²) < 4.78 is 5.17. The van der Waals surface area contributed by atoms with E-state index in [4.69, 9.17) is 9.84 Å². The number of hydrogen-bond acceptors (Lipinski definition) is 7. The molecule has 0 spiro atoms. The fourth-order valence-electron chi connectivity index (χ4n) is 3.99. The molecule has 1 N–H and O–H groups in total. The van der Waals surface area contributed by atoms with E-state index in [0.29, 0.717) is 16.5 Å². The second kappa shape index (κ2) is 7.08. The fraction of sp³-hybridized carbons (Fsp3) is 0.136. The average molecular weight is 417 g/mol. The van der Waals surface area contributed by atoms with Gasteiger partial charge in [-0.05, 0) is 36.4 Å². The minimum atomic E-state index is -0.587. The summed E-state index contributed by atoms with van der Waals surface area (Å²) in [6.45, 7) is -0.575. The molecule has 4 amide bonds. The third-order valence-corrected chi connectivity index (χ3v) is 5.36. The second-order valence-corrected chi connectivity index (χ2v) is 7.02. The van der Waals surface area contributed by atoms with Crippen LogP contribution in [-0.2, 0) is 4.74 Å². The number of rotatable bonds is 5. The van der Waals surface area contributed by atoms with Crippen LogP contribution in [0.1, 0.15) is 41.4 Å². The lowest BCUT2D eigenvalue weighted by Gasteiger charge is -2.31. The smallest absolute Gasteiger partial charge is 0.265 e. The van der Waals surface area contributed by atoms with E-state index in [1.807, 2.05) is 0 Å². The molecule has 0 saturated carbocycles. The molecule has 0 bridgehead atoms. The molecule has 0 unspecified atom stereocenters. The minimum Gasteiger partial charge on any atom is -0.394 e. The van der Waals surface area contributed by atoms with Crippen molar-refractivity contribution < 1.29 is 29.0 Å². The van der Waals surface area contributed by atoms with Crippen LogP contribution in [0.2, 0.25) is 0 Å². The highest BCUT2D eigenvalue weighted by Gasteiger charge is 2.40. The van der Waals surface area contributed by atoms with Gasteiger partial charge in [-0.2, -0.15) is 0 Å². The van der Waals surface area contributed by atoms with E-state index in [9.17, 15) is 19.2 Å². The largest absolute Gasteiger partial charge is 0.394 e. The molecule has 0 radical (unpaired) electrons. The Bertz CT molecular complexity index is 1220. The number of hydrogen-bond donors (Lipinski definition) is 1. The summed E-state index contributed by atoms with van der Waals surface area (Å²) in [5, 5.41) is 9.46. The molecule has 3 heterocycles. The van der Waals surface area contributed by atoms with Gasteiger partial charge in [0.25, 0.3) is 23.6 Å². The molecule has 1 aromatic heterocycles. The number of nitrogens with zero attached hydrogens (tertiary/aromatic N) is 3. The standard InChI is InChI=1S/C22H15N3O6/c26-9-10-31-11-24-19(27)13-1-3-15-18-16(4-2-14(17(13)18)20(24)28)22(30)25(21(15)29)12-5-7-23-8-6-12/h1-8,26H,9-11H2. The van der Waals surface area contributed by atoms with Gasteiger partial charge in [0.05, 0.1) is 18.9 Å². The lowest BCUT2D eigenvalue weighted by molar-refractivity contribution is 0.0126. The van der Waals surface area contributed by atoms with Crippen molar-refractivity contribution in [3.8, 4) is 0 Å². The summed E-state index contributed by atoms with van der Waals surface area (Å²) in [7, 11) is 0. The zero-order valence-electron chi connectivity index (χ0n) is 16.1. The summed E-state index contributed by atoms with van der Waals surface area (Å²) >= 11 is 0. The predicted octanol–water partition coefficient (Wildman–Crippen LogP) is 1.60. The molecule has 9 nitrogen and oxygen atoms in total. The van der Waals surface area contributed by atoms with Crippen molar-refractivity contribution in [1.29, 1.82) is 0 Å². The van der Waals surface area contributed by atoms with Gasteiger partial charge >= 0.3 is 0 Å². The normalized spacial score (nSPS) is 15.3. The van der Waals surface area contributed by atoms with E-state index in [0.717, 1.165) is 9.80 Å². The SMILES string of the molecule is O=C1c2ccc3c4c(ccc(c24)C(=O)N1COCCO)C(=O)N(c1ccncc1)C3=O. The number of anilines is 1. The molecular weight excluding hydrogens is 402 g/mol. The van der Waals surface area contributed by atoms with E-state index >= 15 is 0 Å². The first-order valence-electron chi connectivity index (χ1n) is 9.48. The van der Waals surface area contributed by atoms with Crippen LogP contribution >= 0.6 is 0 Å². The maximum absolute atomic E-state index is 13.2. The molecule has 3 aromatic rings. The van der Waals surface area contributed by atoms with Crippen LogP contribution < -0.4 is 4.90 Å². The van der Waals surface area contributed by atoms with Gasteiger partial charge in [-0.3, -0.25) is 24.2 Å². The van der Waals surface area contributed by atoms with Crippen molar-refractivity contribution >= 4 is 40.1 Å². The van der Waals surface area contributed by atoms with Gasteiger partial charge in [0, 0.05) is 45.4 Å². The molecule has 2 aromatic carbocycles. The highest BCUT2D eigenvalue weighted by atomic mass is 16.5. The first kappa shape index (κ1) is 19.0. The number of pyridine rings is 1. The quantitative estimate of drug-likeness (QED) is 0.495. The van der Waals surface area contributed by atoms with Gasteiger partial charge in [-0.1, -0.05) is 0 Å². The molecule has 0 saturated heterocycles. The number of aliphatic hydroxyl groups is 1. The Kier molecular flexibility index (Phi) is 4.35. The van der Waals surface area contributed by atoms with Gasteiger partial charge < -0.3 is 9.84 Å². The molecule has 31 heavy (non-hydrogen) atoms. The van der Waals surface area contributed by atoms with Crippen molar-refractivity contribution in [1.82, 2.24) is 9.88 Å². The Labute approximate surface area is 175 Å². The first-order valence-corrected chi connectivity index (χ1v) is 9.48. The number of benzene rings is 2. The van der Waals surface area contributed by atoms with Crippen molar-refractivity contribution in [2.75, 3.05) is 24.8 Å². The number of aromatic nitrogens is 1. The van der Waals surface area contributed by atoms with E-state index < -0.39 is 23.6 Å². The Balaban J connectivity index is 1.68. The Morgan fingerprint density at radius 2 is 1.23 bits per heavy atom. The molecule has 0 atom stereocenters. The topological polar surface area (TPSA) is 117 Å². The predicted molar refractivity (Wildman–Crippen MR) is 108 cm³/mol. The van der Waals surface area contributed by atoms with Crippen molar-refractivity contribution in [3.05, 3.63) is 71.0 Å². The Morgan fingerprint density at radius 3 is 1.71 bits per heavy atom. The summed E-state index contributed by atoms with van der Waals surface area (Å²) in [5.74, 6) is -2.26. The highest BCUT2D eigenvalue weighted by molar-refractivity contribution is 6.39. The van der Waals surface area contributed by atoms with E-state index in [1.54, 1.807) is 12.1 Å². The number of ether oxygens (including phenoxy) is 1. The molecule has 2 aliphatic heterocycles. The zero-order valence-corrected chi connectivity index (χ0v) is 16.1. The number of aliphatic hydroxyl groups excluding tert-OH is 1. The van der Waals surface area contributed by atoms with Gasteiger partial charge in [0.2, 0.25) is 0 Å². The monoisotopic (exact) mass is 417 g/mol. The Morgan fingerprint density at radius 1 is 0.742 bits per heavy atom. The van der Waals surface area contributed by atoms with Crippen LogP contribution in [0.15, 0.2) is 48.8 Å². The number of carbonyl (C=O) groups excluding carboxylic acids is 4. The lowest BCUT2D eigenvalue weighted by atomic mass is 9.86. The van der Waals surface area contributed by atoms with Crippen LogP contribution in [0.4, 0.5) is 5.69 Å². The van der Waals surface area contributed by atoms with Crippen LogP contribution in [0, 0.1) is 0 Å². The third kappa shape index (κ3) is 2.68. The average Bonchev–Trinajstić information content (AvgIpc) is 2.79. The van der Waals surface area contributed by atoms with Gasteiger partial charge in [0.15, 0.2) is 0 Å². The first-order chi connectivity index (χ1) is 15.0. The van der Waals surface area contributed by atoms with Crippen molar-refractivity contribution in [3.63, 3.8) is 0 Å². The van der Waals surface area contributed by atoms with Crippen LogP contribution in [0.3, 0.4) is 0 Å². The van der Waals surface area contributed by atoms with Gasteiger partial charge in [-0.15, -0.1) is 0 Å². The third-order valence-electron chi connectivity index (χ3n) is 5.36. The molecule has 2 aliphatic rings. The van der Waals surface area contributed by atoms with Crippen molar-refractivity contribution in [2.24, 2.45) is 0 Å². The van der Waals surface area contributed by atoms with E-state index in [1.165, 1.54) is 36.7 Å². The number of imide groups is 2. The second-order valence-electron chi connectivity index (χ2n) is 7.02. The van der Waals surface area contributed by atoms with Crippen LogP contribution in [0.25, 0.3) is 10.8 Å². The molecule has 0 aliphatic carbocycles. The summed E-state index contributed by atoms with van der Waals surface area (Å²) in [5.41, 5.74) is 1.26. The van der Waals surface area contributed by atoms with Crippen LogP contribution in [-0.4, -0.2) is 58.6 Å².